The highest BCUT2D eigenvalue weighted by atomic mass is 14.9. The van der Waals surface area contributed by atoms with Crippen LogP contribution in [0.4, 0.5) is 0 Å². The Kier molecular flexibility index (Phi) is 2.11. The van der Waals surface area contributed by atoms with Gasteiger partial charge in [0.05, 0.1) is 0 Å². The number of rotatable bonds is 1. The minimum atomic E-state index is 0.527. The van der Waals surface area contributed by atoms with Gasteiger partial charge in [-0.2, -0.15) is 0 Å². The Hall–Kier alpha value is -0.500. The molecular formula is C7H14N2. The second-order valence-corrected chi connectivity index (χ2v) is 2.62. The van der Waals surface area contributed by atoms with Crippen LogP contribution in [0.25, 0.3) is 0 Å². The molecule has 0 amide bonds. The smallest absolute Gasteiger partial charge is 0.0104 e. The highest BCUT2D eigenvalue weighted by Gasteiger charge is 2.12. The van der Waals surface area contributed by atoms with E-state index in [1.165, 1.54) is 12.8 Å². The lowest BCUT2D eigenvalue weighted by atomic mass is 9.97. The number of hydrogen-bond donors (Lipinski definition) is 2. The minimum absolute atomic E-state index is 0.527. The summed E-state index contributed by atoms with van der Waals surface area (Å²) in [6, 6.07) is 0. The lowest BCUT2D eigenvalue weighted by molar-refractivity contribution is 0.420. The second-order valence-electron chi connectivity index (χ2n) is 2.62. The molecule has 1 fully saturated rings. The molecule has 1 atom stereocenters. The van der Waals surface area contributed by atoms with Crippen LogP contribution in [0.3, 0.4) is 0 Å². The zero-order chi connectivity index (χ0) is 6.69. The third-order valence-electron chi connectivity index (χ3n) is 1.82. The summed E-state index contributed by atoms with van der Waals surface area (Å²) in [4.78, 5) is 0. The van der Waals surface area contributed by atoms with E-state index in [-0.39, 0.29) is 0 Å². The first kappa shape index (κ1) is 6.62. The summed E-state index contributed by atoms with van der Waals surface area (Å²) in [5.74, 6) is 0.527. The van der Waals surface area contributed by atoms with Gasteiger partial charge in [-0.05, 0) is 19.4 Å². The topological polar surface area (TPSA) is 38.0 Å². The molecule has 3 N–H and O–H groups in total. The maximum absolute atomic E-state index is 5.53. The standard InChI is InChI=1S/C7H14N2/c1-6(8)7-3-2-4-9-5-7/h7,9H,1-5,8H2. The van der Waals surface area contributed by atoms with Gasteiger partial charge in [0.15, 0.2) is 0 Å². The van der Waals surface area contributed by atoms with Crippen molar-refractivity contribution >= 4 is 0 Å². The molecule has 1 unspecified atom stereocenters. The van der Waals surface area contributed by atoms with Crippen molar-refractivity contribution in [2.75, 3.05) is 13.1 Å². The molecular weight excluding hydrogens is 112 g/mol. The van der Waals surface area contributed by atoms with Gasteiger partial charge in [0.25, 0.3) is 0 Å². The summed E-state index contributed by atoms with van der Waals surface area (Å²) < 4.78 is 0. The predicted molar refractivity (Wildman–Crippen MR) is 38.9 cm³/mol. The third-order valence-corrected chi connectivity index (χ3v) is 1.82. The normalized spacial score (nSPS) is 27.8. The monoisotopic (exact) mass is 126 g/mol. The van der Waals surface area contributed by atoms with Crippen molar-refractivity contribution in [3.63, 3.8) is 0 Å². The first-order chi connectivity index (χ1) is 4.30. The van der Waals surface area contributed by atoms with Crippen molar-refractivity contribution in [3.8, 4) is 0 Å². The molecule has 2 nitrogen and oxygen atoms in total. The minimum Gasteiger partial charge on any atom is -0.402 e. The molecule has 1 saturated heterocycles. The van der Waals surface area contributed by atoms with Crippen LogP contribution in [-0.4, -0.2) is 13.1 Å². The Bertz CT molecular complexity index is 103. The van der Waals surface area contributed by atoms with Crippen molar-refractivity contribution in [1.82, 2.24) is 5.32 Å². The van der Waals surface area contributed by atoms with E-state index in [0.717, 1.165) is 18.8 Å². The average Bonchev–Trinajstić information content (AvgIpc) is 1.90. The van der Waals surface area contributed by atoms with Crippen LogP contribution in [0, 0.1) is 5.92 Å². The van der Waals surface area contributed by atoms with Crippen LogP contribution < -0.4 is 11.1 Å². The fourth-order valence-corrected chi connectivity index (χ4v) is 1.17. The molecule has 52 valence electrons. The molecule has 0 aromatic heterocycles. The molecule has 1 aliphatic rings. The fraction of sp³-hybridized carbons (Fsp3) is 0.714. The van der Waals surface area contributed by atoms with Gasteiger partial charge in [-0.1, -0.05) is 6.58 Å². The van der Waals surface area contributed by atoms with Crippen molar-refractivity contribution in [3.05, 3.63) is 12.3 Å². The summed E-state index contributed by atoms with van der Waals surface area (Å²) in [5, 5.41) is 3.28. The molecule has 0 aromatic carbocycles. The van der Waals surface area contributed by atoms with E-state index < -0.39 is 0 Å². The van der Waals surface area contributed by atoms with Crippen LogP contribution in [0.5, 0.6) is 0 Å². The fourth-order valence-electron chi connectivity index (χ4n) is 1.17. The molecule has 0 aliphatic carbocycles. The summed E-state index contributed by atoms with van der Waals surface area (Å²) in [6.07, 6.45) is 2.45. The van der Waals surface area contributed by atoms with Crippen molar-refractivity contribution < 1.29 is 0 Å². The van der Waals surface area contributed by atoms with Crippen LogP contribution in [0.1, 0.15) is 12.8 Å². The SMILES string of the molecule is C=C(N)C1CCCNC1. The van der Waals surface area contributed by atoms with Gasteiger partial charge in [0.2, 0.25) is 0 Å². The first-order valence-corrected chi connectivity index (χ1v) is 3.45. The summed E-state index contributed by atoms with van der Waals surface area (Å²) in [7, 11) is 0. The van der Waals surface area contributed by atoms with E-state index >= 15 is 0 Å². The number of nitrogens with one attached hydrogen (secondary N) is 1. The maximum Gasteiger partial charge on any atom is 0.0104 e. The molecule has 9 heavy (non-hydrogen) atoms. The summed E-state index contributed by atoms with van der Waals surface area (Å²) >= 11 is 0. The van der Waals surface area contributed by atoms with Gasteiger partial charge in [-0.25, -0.2) is 0 Å². The van der Waals surface area contributed by atoms with Gasteiger partial charge < -0.3 is 11.1 Å². The maximum atomic E-state index is 5.53. The Balaban J connectivity index is 2.31. The van der Waals surface area contributed by atoms with Crippen LogP contribution in [-0.2, 0) is 0 Å². The highest BCUT2D eigenvalue weighted by molar-refractivity contribution is 4.96. The first-order valence-electron chi connectivity index (χ1n) is 3.45. The van der Waals surface area contributed by atoms with E-state index in [0.29, 0.717) is 5.92 Å². The number of hydrogen-bond acceptors (Lipinski definition) is 2. The van der Waals surface area contributed by atoms with Crippen molar-refractivity contribution in [2.45, 2.75) is 12.8 Å². The number of nitrogens with two attached hydrogens (primary N) is 1. The molecule has 0 aromatic rings. The van der Waals surface area contributed by atoms with Crippen LogP contribution >= 0.6 is 0 Å². The van der Waals surface area contributed by atoms with E-state index in [1.54, 1.807) is 0 Å². The molecule has 0 spiro atoms. The Morgan fingerprint density at radius 2 is 2.44 bits per heavy atom. The lowest BCUT2D eigenvalue weighted by Gasteiger charge is -2.22. The van der Waals surface area contributed by atoms with Crippen LogP contribution in [0.15, 0.2) is 12.3 Å². The summed E-state index contributed by atoms with van der Waals surface area (Å²) in [6.45, 7) is 5.88. The van der Waals surface area contributed by atoms with Crippen molar-refractivity contribution in [2.24, 2.45) is 11.7 Å². The van der Waals surface area contributed by atoms with E-state index in [2.05, 4.69) is 11.9 Å². The van der Waals surface area contributed by atoms with Gasteiger partial charge in [0.1, 0.15) is 0 Å². The lowest BCUT2D eigenvalue weighted by Crippen LogP contribution is -2.32. The average molecular weight is 126 g/mol. The predicted octanol–water partition coefficient (Wildman–Crippen LogP) is 0.458. The molecule has 1 rings (SSSR count). The quantitative estimate of drug-likeness (QED) is 0.535. The Labute approximate surface area is 56.1 Å². The zero-order valence-electron chi connectivity index (χ0n) is 5.69. The van der Waals surface area contributed by atoms with Gasteiger partial charge in [-0.15, -0.1) is 0 Å². The summed E-state index contributed by atoms with van der Waals surface area (Å²) in [5.41, 5.74) is 6.37. The van der Waals surface area contributed by atoms with Gasteiger partial charge >= 0.3 is 0 Å². The Morgan fingerprint density at radius 3 is 2.78 bits per heavy atom. The molecule has 0 saturated carbocycles. The van der Waals surface area contributed by atoms with Gasteiger partial charge in [0, 0.05) is 18.2 Å². The van der Waals surface area contributed by atoms with E-state index in [9.17, 15) is 0 Å². The number of piperidine rings is 1. The van der Waals surface area contributed by atoms with E-state index in [4.69, 9.17) is 5.73 Å². The van der Waals surface area contributed by atoms with Crippen LogP contribution in [0.2, 0.25) is 0 Å². The molecule has 2 heteroatoms. The van der Waals surface area contributed by atoms with Crippen molar-refractivity contribution in [1.29, 1.82) is 0 Å². The highest BCUT2D eigenvalue weighted by Crippen LogP contribution is 2.13. The van der Waals surface area contributed by atoms with E-state index in [1.807, 2.05) is 0 Å². The molecule has 0 bridgehead atoms. The second kappa shape index (κ2) is 2.87. The van der Waals surface area contributed by atoms with Gasteiger partial charge in [-0.3, -0.25) is 0 Å². The largest absolute Gasteiger partial charge is 0.402 e. The molecule has 1 heterocycles. The zero-order valence-corrected chi connectivity index (χ0v) is 5.69. The molecule has 0 radical (unpaired) electrons. The Morgan fingerprint density at radius 1 is 1.67 bits per heavy atom. The molecule has 1 aliphatic heterocycles. The third kappa shape index (κ3) is 1.72.